The molecule has 1 atom stereocenters. The van der Waals surface area contributed by atoms with Crippen molar-refractivity contribution < 1.29 is 4.79 Å². The normalized spacial score (nSPS) is 14.4. The highest BCUT2D eigenvalue weighted by atomic mass is 16.1. The van der Waals surface area contributed by atoms with E-state index in [-0.39, 0.29) is 11.8 Å². The molecule has 1 aliphatic rings. The molecule has 1 N–H and O–H groups in total. The number of imidazole rings is 1. The minimum atomic E-state index is -0.134. The van der Waals surface area contributed by atoms with Crippen LogP contribution < -0.4 is 5.32 Å². The van der Waals surface area contributed by atoms with E-state index in [1.165, 1.54) is 18.5 Å². The van der Waals surface area contributed by atoms with Crippen LogP contribution >= 0.6 is 0 Å². The number of hydrogen-bond acceptors (Lipinski definition) is 2. The van der Waals surface area contributed by atoms with Gasteiger partial charge in [-0.1, -0.05) is 37.3 Å². The minimum absolute atomic E-state index is 0.0367. The van der Waals surface area contributed by atoms with Crippen LogP contribution in [0, 0.1) is 0 Å². The molecule has 2 heterocycles. The first kappa shape index (κ1) is 17.5. The molecule has 2 aromatic carbocycles. The van der Waals surface area contributed by atoms with E-state index in [4.69, 9.17) is 0 Å². The predicted molar refractivity (Wildman–Crippen MR) is 109 cm³/mol. The summed E-state index contributed by atoms with van der Waals surface area (Å²) in [7, 11) is 0. The largest absolute Gasteiger partial charge is 0.328 e. The third-order valence-corrected chi connectivity index (χ3v) is 5.34. The number of aromatic nitrogens is 2. The summed E-state index contributed by atoms with van der Waals surface area (Å²) in [6.45, 7) is 3.08. The highest BCUT2D eigenvalue weighted by Crippen LogP contribution is 2.26. The molecule has 1 aliphatic heterocycles. The van der Waals surface area contributed by atoms with Gasteiger partial charge in [0, 0.05) is 29.7 Å². The summed E-state index contributed by atoms with van der Waals surface area (Å²) in [5.74, 6) is 0.929. The van der Waals surface area contributed by atoms with E-state index in [0.717, 1.165) is 42.0 Å². The number of amides is 1. The van der Waals surface area contributed by atoms with Gasteiger partial charge in [-0.25, -0.2) is 4.98 Å². The number of carbonyl (C=O) groups is 1. The van der Waals surface area contributed by atoms with Gasteiger partial charge in [0.15, 0.2) is 0 Å². The van der Waals surface area contributed by atoms with Gasteiger partial charge in [-0.15, -0.1) is 0 Å². The van der Waals surface area contributed by atoms with Crippen molar-refractivity contribution in [1.29, 1.82) is 0 Å². The van der Waals surface area contributed by atoms with Crippen LogP contribution in [-0.4, -0.2) is 15.5 Å². The Morgan fingerprint density at radius 2 is 1.89 bits per heavy atom. The molecule has 0 spiro atoms. The second-order valence-corrected chi connectivity index (χ2v) is 7.12. The smallest absolute Gasteiger partial charge is 0.231 e. The number of fused-ring (bicyclic) bond motifs is 1. The fourth-order valence-electron chi connectivity index (χ4n) is 3.86. The summed E-state index contributed by atoms with van der Waals surface area (Å²) in [6.07, 6.45) is 6.33. The van der Waals surface area contributed by atoms with E-state index < -0.39 is 0 Å². The average molecular weight is 359 g/mol. The van der Waals surface area contributed by atoms with Gasteiger partial charge in [-0.05, 0) is 55.5 Å². The van der Waals surface area contributed by atoms with Crippen molar-refractivity contribution in [2.75, 3.05) is 5.32 Å². The van der Waals surface area contributed by atoms with Crippen LogP contribution in [0.1, 0.15) is 43.4 Å². The number of hydrogen-bond donors (Lipinski definition) is 1. The summed E-state index contributed by atoms with van der Waals surface area (Å²) in [5, 5.41) is 3.06. The molecule has 0 bridgehead atoms. The fourth-order valence-corrected chi connectivity index (χ4v) is 3.86. The zero-order valence-corrected chi connectivity index (χ0v) is 15.7. The quantitative estimate of drug-likeness (QED) is 0.695. The Bertz CT molecular complexity index is 913. The Kier molecular flexibility index (Phi) is 5.05. The number of carbonyl (C=O) groups excluding carboxylic acids is 1. The van der Waals surface area contributed by atoms with E-state index in [2.05, 4.69) is 14.9 Å². The molecule has 0 saturated heterocycles. The number of nitrogens with zero attached hydrogens (tertiary/aromatic N) is 2. The molecule has 0 aliphatic carbocycles. The van der Waals surface area contributed by atoms with Crippen molar-refractivity contribution in [1.82, 2.24) is 9.55 Å². The van der Waals surface area contributed by atoms with Crippen LogP contribution in [-0.2, 0) is 17.8 Å². The van der Waals surface area contributed by atoms with Crippen molar-refractivity contribution in [2.45, 2.75) is 45.1 Å². The van der Waals surface area contributed by atoms with Crippen LogP contribution in [0.5, 0.6) is 0 Å². The zero-order valence-electron chi connectivity index (χ0n) is 15.7. The Morgan fingerprint density at radius 3 is 2.63 bits per heavy atom. The summed E-state index contributed by atoms with van der Waals surface area (Å²) in [6, 6.07) is 18.0. The number of rotatable bonds is 5. The SMILES string of the molecule is CCC(C(=O)Nc1ccc(-c2ncc3n2CCCC3)cc1)c1ccccc1. The lowest BCUT2D eigenvalue weighted by Gasteiger charge is -2.17. The Hall–Kier alpha value is -2.88. The first-order chi connectivity index (χ1) is 13.3. The first-order valence-electron chi connectivity index (χ1n) is 9.77. The molecule has 1 amide bonds. The predicted octanol–water partition coefficient (Wildman–Crippen LogP) is 5.02. The van der Waals surface area contributed by atoms with Crippen LogP contribution in [0.15, 0.2) is 60.8 Å². The van der Waals surface area contributed by atoms with E-state index in [0.29, 0.717) is 0 Å². The molecule has 0 saturated carbocycles. The monoisotopic (exact) mass is 359 g/mol. The number of benzene rings is 2. The Balaban J connectivity index is 1.49. The van der Waals surface area contributed by atoms with Crippen molar-refractivity contribution in [2.24, 2.45) is 0 Å². The van der Waals surface area contributed by atoms with Gasteiger partial charge < -0.3 is 9.88 Å². The molecule has 1 aromatic heterocycles. The van der Waals surface area contributed by atoms with E-state index >= 15 is 0 Å². The van der Waals surface area contributed by atoms with Gasteiger partial charge in [-0.3, -0.25) is 4.79 Å². The van der Waals surface area contributed by atoms with Crippen LogP contribution in [0.25, 0.3) is 11.4 Å². The molecule has 138 valence electrons. The van der Waals surface area contributed by atoms with Gasteiger partial charge in [0.2, 0.25) is 5.91 Å². The maximum atomic E-state index is 12.7. The molecular formula is C23H25N3O. The third kappa shape index (κ3) is 3.65. The van der Waals surface area contributed by atoms with Crippen molar-refractivity contribution in [3.63, 3.8) is 0 Å². The van der Waals surface area contributed by atoms with Gasteiger partial charge in [0.25, 0.3) is 0 Å². The van der Waals surface area contributed by atoms with Crippen LogP contribution in [0.2, 0.25) is 0 Å². The summed E-state index contributed by atoms with van der Waals surface area (Å²) < 4.78 is 2.32. The third-order valence-electron chi connectivity index (χ3n) is 5.34. The highest BCUT2D eigenvalue weighted by molar-refractivity contribution is 5.96. The summed E-state index contributed by atoms with van der Waals surface area (Å²) >= 11 is 0. The highest BCUT2D eigenvalue weighted by Gasteiger charge is 2.19. The summed E-state index contributed by atoms with van der Waals surface area (Å²) in [4.78, 5) is 17.3. The molecule has 3 aromatic rings. The maximum absolute atomic E-state index is 12.7. The first-order valence-corrected chi connectivity index (χ1v) is 9.77. The van der Waals surface area contributed by atoms with Crippen LogP contribution in [0.3, 0.4) is 0 Å². The lowest BCUT2D eigenvalue weighted by atomic mass is 9.95. The number of aryl methyl sites for hydroxylation is 1. The standard InChI is InChI=1S/C23H25N3O/c1-2-21(17-8-4-3-5-9-17)23(27)25-19-13-11-18(12-14-19)22-24-16-20-10-6-7-15-26(20)22/h3-5,8-9,11-14,16,21H,2,6-7,10,15H2,1H3,(H,25,27). The molecular weight excluding hydrogens is 334 g/mol. The molecule has 0 radical (unpaired) electrons. The van der Waals surface area contributed by atoms with Crippen molar-refractivity contribution in [3.8, 4) is 11.4 Å². The summed E-state index contributed by atoms with van der Waals surface area (Å²) in [5.41, 5.74) is 4.29. The van der Waals surface area contributed by atoms with E-state index in [9.17, 15) is 4.79 Å². The van der Waals surface area contributed by atoms with Crippen molar-refractivity contribution >= 4 is 11.6 Å². The number of anilines is 1. The second-order valence-electron chi connectivity index (χ2n) is 7.12. The maximum Gasteiger partial charge on any atom is 0.231 e. The van der Waals surface area contributed by atoms with Gasteiger partial charge in [0.1, 0.15) is 5.82 Å². The number of nitrogens with one attached hydrogen (secondary N) is 1. The molecule has 0 fully saturated rings. The Morgan fingerprint density at radius 1 is 1.11 bits per heavy atom. The van der Waals surface area contributed by atoms with Gasteiger partial charge in [0.05, 0.1) is 5.92 Å². The second kappa shape index (κ2) is 7.78. The van der Waals surface area contributed by atoms with E-state index in [1.807, 2.05) is 67.7 Å². The minimum Gasteiger partial charge on any atom is -0.328 e. The molecule has 27 heavy (non-hydrogen) atoms. The molecule has 1 unspecified atom stereocenters. The van der Waals surface area contributed by atoms with Crippen molar-refractivity contribution in [3.05, 3.63) is 72.1 Å². The zero-order chi connectivity index (χ0) is 18.6. The topological polar surface area (TPSA) is 46.9 Å². The lowest BCUT2D eigenvalue weighted by molar-refractivity contribution is -0.117. The van der Waals surface area contributed by atoms with Gasteiger partial charge in [-0.2, -0.15) is 0 Å². The molecule has 4 rings (SSSR count). The lowest BCUT2D eigenvalue weighted by Crippen LogP contribution is -2.20. The molecule has 4 heteroatoms. The fraction of sp³-hybridized carbons (Fsp3) is 0.304. The Labute approximate surface area is 160 Å². The van der Waals surface area contributed by atoms with E-state index in [1.54, 1.807) is 0 Å². The van der Waals surface area contributed by atoms with Gasteiger partial charge >= 0.3 is 0 Å². The molecule has 4 nitrogen and oxygen atoms in total. The van der Waals surface area contributed by atoms with Crippen LogP contribution in [0.4, 0.5) is 5.69 Å². The average Bonchev–Trinajstić information content (AvgIpc) is 3.14.